The van der Waals surface area contributed by atoms with Crippen molar-refractivity contribution in [3.8, 4) is 0 Å². The zero-order valence-electron chi connectivity index (χ0n) is 13.4. The molecule has 0 aliphatic heterocycles. The SMILES string of the molecule is CN(C(=O)OCc1ccccc1)[C@H]1CCCC[C@H]1NCC(=O)O. The number of amides is 1. The van der Waals surface area contributed by atoms with Gasteiger partial charge in [-0.15, -0.1) is 0 Å². The van der Waals surface area contributed by atoms with Gasteiger partial charge < -0.3 is 20.1 Å². The lowest BCUT2D eigenvalue weighted by Crippen LogP contribution is -2.53. The highest BCUT2D eigenvalue weighted by molar-refractivity contribution is 5.69. The van der Waals surface area contributed by atoms with Gasteiger partial charge in [0.1, 0.15) is 6.61 Å². The number of nitrogens with one attached hydrogen (secondary N) is 1. The monoisotopic (exact) mass is 320 g/mol. The van der Waals surface area contributed by atoms with E-state index in [2.05, 4.69) is 5.32 Å². The summed E-state index contributed by atoms with van der Waals surface area (Å²) in [5.74, 6) is -0.886. The lowest BCUT2D eigenvalue weighted by molar-refractivity contribution is -0.136. The van der Waals surface area contributed by atoms with Crippen molar-refractivity contribution < 1.29 is 19.4 Å². The Morgan fingerprint density at radius 1 is 1.26 bits per heavy atom. The molecule has 1 fully saturated rings. The molecule has 1 saturated carbocycles. The quantitative estimate of drug-likeness (QED) is 0.840. The topological polar surface area (TPSA) is 78.9 Å². The molecule has 2 rings (SSSR count). The predicted octanol–water partition coefficient (Wildman–Crippen LogP) is 2.24. The lowest BCUT2D eigenvalue weighted by atomic mass is 9.89. The fourth-order valence-electron chi connectivity index (χ4n) is 2.99. The summed E-state index contributed by atoms with van der Waals surface area (Å²) in [4.78, 5) is 24.6. The molecule has 0 heterocycles. The van der Waals surface area contributed by atoms with E-state index in [0.29, 0.717) is 0 Å². The lowest BCUT2D eigenvalue weighted by Gasteiger charge is -2.37. The third kappa shape index (κ3) is 5.25. The van der Waals surface area contributed by atoms with Crippen molar-refractivity contribution >= 4 is 12.1 Å². The van der Waals surface area contributed by atoms with Crippen molar-refractivity contribution in [1.29, 1.82) is 0 Å². The predicted molar refractivity (Wildman–Crippen MR) is 86.1 cm³/mol. The molecule has 0 bridgehead atoms. The van der Waals surface area contributed by atoms with Crippen LogP contribution in [0.2, 0.25) is 0 Å². The molecule has 6 nitrogen and oxygen atoms in total. The maximum Gasteiger partial charge on any atom is 0.410 e. The van der Waals surface area contributed by atoms with Crippen LogP contribution in [0.4, 0.5) is 4.79 Å². The Labute approximate surface area is 136 Å². The second-order valence-corrected chi connectivity index (χ2v) is 5.88. The zero-order valence-corrected chi connectivity index (χ0v) is 13.4. The van der Waals surface area contributed by atoms with Gasteiger partial charge >= 0.3 is 12.1 Å². The summed E-state index contributed by atoms with van der Waals surface area (Å²) in [6, 6.07) is 9.49. The standard InChI is InChI=1S/C17H24N2O4/c1-19(17(22)23-12-13-7-3-2-4-8-13)15-10-6-5-9-14(15)18-11-16(20)21/h2-4,7-8,14-15,18H,5-6,9-12H2,1H3,(H,20,21)/t14-,15+/m1/s1. The molecule has 1 aliphatic rings. The summed E-state index contributed by atoms with van der Waals surface area (Å²) in [6.07, 6.45) is 3.43. The number of aliphatic carboxylic acids is 1. The molecule has 2 atom stereocenters. The Bertz CT molecular complexity index is 521. The Morgan fingerprint density at radius 2 is 1.96 bits per heavy atom. The molecule has 23 heavy (non-hydrogen) atoms. The first-order valence-electron chi connectivity index (χ1n) is 7.96. The van der Waals surface area contributed by atoms with Gasteiger partial charge in [0.25, 0.3) is 0 Å². The van der Waals surface area contributed by atoms with Crippen LogP contribution in [-0.2, 0) is 16.1 Å². The first-order valence-corrected chi connectivity index (χ1v) is 7.96. The van der Waals surface area contributed by atoms with Crippen LogP contribution in [-0.4, -0.2) is 47.7 Å². The maximum absolute atomic E-state index is 12.3. The number of carboxylic acids is 1. The van der Waals surface area contributed by atoms with E-state index in [4.69, 9.17) is 9.84 Å². The minimum atomic E-state index is -0.886. The molecular weight excluding hydrogens is 296 g/mol. The molecule has 0 radical (unpaired) electrons. The number of carbonyl (C=O) groups excluding carboxylic acids is 1. The van der Waals surface area contributed by atoms with E-state index in [1.165, 1.54) is 0 Å². The van der Waals surface area contributed by atoms with E-state index in [1.54, 1.807) is 11.9 Å². The molecule has 0 aromatic heterocycles. The van der Waals surface area contributed by atoms with E-state index in [0.717, 1.165) is 31.2 Å². The van der Waals surface area contributed by atoms with Crippen LogP contribution >= 0.6 is 0 Å². The van der Waals surface area contributed by atoms with E-state index in [-0.39, 0.29) is 31.3 Å². The second kappa shape index (κ2) is 8.53. The summed E-state index contributed by atoms with van der Waals surface area (Å²) in [5.41, 5.74) is 0.943. The highest BCUT2D eigenvalue weighted by Gasteiger charge is 2.31. The first kappa shape index (κ1) is 17.3. The zero-order chi connectivity index (χ0) is 16.7. The smallest absolute Gasteiger partial charge is 0.410 e. The van der Waals surface area contributed by atoms with Crippen molar-refractivity contribution in [2.24, 2.45) is 0 Å². The minimum Gasteiger partial charge on any atom is -0.480 e. The number of ether oxygens (including phenoxy) is 1. The van der Waals surface area contributed by atoms with Gasteiger partial charge in [-0.1, -0.05) is 43.2 Å². The second-order valence-electron chi connectivity index (χ2n) is 5.88. The molecule has 6 heteroatoms. The van der Waals surface area contributed by atoms with Crippen molar-refractivity contribution in [3.05, 3.63) is 35.9 Å². The van der Waals surface area contributed by atoms with Crippen molar-refractivity contribution in [1.82, 2.24) is 10.2 Å². The van der Waals surface area contributed by atoms with Gasteiger partial charge in [0, 0.05) is 13.1 Å². The largest absolute Gasteiger partial charge is 0.480 e. The highest BCUT2D eigenvalue weighted by atomic mass is 16.6. The molecule has 0 saturated heterocycles. The van der Waals surface area contributed by atoms with E-state index in [1.807, 2.05) is 30.3 Å². The highest BCUT2D eigenvalue weighted by Crippen LogP contribution is 2.23. The van der Waals surface area contributed by atoms with Crippen LogP contribution in [0.3, 0.4) is 0 Å². The molecule has 1 aromatic carbocycles. The number of carboxylic acid groups (broad SMARTS) is 1. The first-order chi connectivity index (χ1) is 11.1. The molecule has 1 aromatic rings. The van der Waals surface area contributed by atoms with Crippen molar-refractivity contribution in [2.45, 2.75) is 44.4 Å². The summed E-state index contributed by atoms with van der Waals surface area (Å²) >= 11 is 0. The Morgan fingerprint density at radius 3 is 2.65 bits per heavy atom. The summed E-state index contributed by atoms with van der Waals surface area (Å²) in [7, 11) is 1.72. The molecule has 1 amide bonds. The van der Waals surface area contributed by atoms with E-state index >= 15 is 0 Å². The van der Waals surface area contributed by atoms with Gasteiger partial charge in [-0.2, -0.15) is 0 Å². The number of hydrogen-bond acceptors (Lipinski definition) is 4. The summed E-state index contributed by atoms with van der Waals surface area (Å²) in [5, 5.41) is 11.9. The normalized spacial score (nSPS) is 20.7. The van der Waals surface area contributed by atoms with Crippen molar-refractivity contribution in [3.63, 3.8) is 0 Å². The molecule has 2 N–H and O–H groups in total. The number of likely N-dealkylation sites (N-methyl/N-ethyl adjacent to an activating group) is 1. The van der Waals surface area contributed by atoms with Crippen LogP contribution in [0.25, 0.3) is 0 Å². The Hall–Kier alpha value is -2.08. The molecule has 0 unspecified atom stereocenters. The molecule has 1 aliphatic carbocycles. The number of hydrogen-bond donors (Lipinski definition) is 2. The number of nitrogens with zero attached hydrogens (tertiary/aromatic N) is 1. The van der Waals surface area contributed by atoms with Crippen molar-refractivity contribution in [2.75, 3.05) is 13.6 Å². The van der Waals surface area contributed by atoms with Crippen LogP contribution in [0.1, 0.15) is 31.2 Å². The number of rotatable bonds is 6. The van der Waals surface area contributed by atoms with Gasteiger partial charge in [0.05, 0.1) is 12.6 Å². The number of benzene rings is 1. The number of carbonyl (C=O) groups is 2. The van der Waals surface area contributed by atoms with E-state index < -0.39 is 5.97 Å². The maximum atomic E-state index is 12.3. The van der Waals surface area contributed by atoms with Gasteiger partial charge in [0.15, 0.2) is 0 Å². The fraction of sp³-hybridized carbons (Fsp3) is 0.529. The molecular formula is C17H24N2O4. The Balaban J connectivity index is 1.89. The third-order valence-electron chi connectivity index (χ3n) is 4.24. The van der Waals surface area contributed by atoms with Gasteiger partial charge in [-0.25, -0.2) is 4.79 Å². The fourth-order valence-corrected chi connectivity index (χ4v) is 2.99. The average Bonchev–Trinajstić information content (AvgIpc) is 2.58. The Kier molecular flexibility index (Phi) is 6.40. The van der Waals surface area contributed by atoms with Crippen LogP contribution in [0.5, 0.6) is 0 Å². The summed E-state index contributed by atoms with van der Waals surface area (Å²) < 4.78 is 5.36. The van der Waals surface area contributed by atoms with Gasteiger partial charge in [0.2, 0.25) is 0 Å². The molecule has 0 spiro atoms. The van der Waals surface area contributed by atoms with Gasteiger partial charge in [-0.3, -0.25) is 4.79 Å². The van der Waals surface area contributed by atoms with E-state index in [9.17, 15) is 9.59 Å². The van der Waals surface area contributed by atoms with Gasteiger partial charge in [-0.05, 0) is 18.4 Å². The third-order valence-corrected chi connectivity index (χ3v) is 4.24. The van der Waals surface area contributed by atoms with Crippen LogP contribution < -0.4 is 5.32 Å². The molecule has 126 valence electrons. The average molecular weight is 320 g/mol. The van der Waals surface area contributed by atoms with Crippen LogP contribution in [0.15, 0.2) is 30.3 Å². The minimum absolute atomic E-state index is 0.00544. The van der Waals surface area contributed by atoms with Crippen LogP contribution in [0, 0.1) is 0 Å². The summed E-state index contributed by atoms with van der Waals surface area (Å²) in [6.45, 7) is 0.151.